The number of hydrogen-bond donors (Lipinski definition) is 3. The lowest BCUT2D eigenvalue weighted by Crippen LogP contribution is -2.44. The molecular weight excluding hydrogens is 370 g/mol. The van der Waals surface area contributed by atoms with Crippen LogP contribution in [0.4, 0.5) is 0 Å². The van der Waals surface area contributed by atoms with Crippen molar-refractivity contribution < 1.29 is 19.0 Å². The smallest absolute Gasteiger partial charge is 0.239 e. The van der Waals surface area contributed by atoms with Gasteiger partial charge in [0.05, 0.1) is 20.8 Å². The number of aromatic nitrogens is 1. The van der Waals surface area contributed by atoms with Gasteiger partial charge in [0.2, 0.25) is 5.91 Å². The predicted octanol–water partition coefficient (Wildman–Crippen LogP) is 2.41. The number of fused-ring (bicyclic) bond motifs is 1. The highest BCUT2D eigenvalue weighted by Crippen LogP contribution is 2.40. The molecule has 0 saturated carbocycles. The van der Waals surface area contributed by atoms with Crippen molar-refractivity contribution in [1.29, 1.82) is 0 Å². The van der Waals surface area contributed by atoms with Gasteiger partial charge in [-0.05, 0) is 17.7 Å². The number of hydrogen-bond acceptors (Lipinski definition) is 5. The summed E-state index contributed by atoms with van der Waals surface area (Å²) in [5, 5.41) is 4.03. The Morgan fingerprint density at radius 1 is 1.07 bits per heavy atom. The van der Waals surface area contributed by atoms with Gasteiger partial charge in [0.1, 0.15) is 6.04 Å². The van der Waals surface area contributed by atoms with Crippen LogP contribution in [0.15, 0.2) is 48.7 Å². The number of rotatable bonds is 9. The lowest BCUT2D eigenvalue weighted by molar-refractivity contribution is -0.123. The molecule has 29 heavy (non-hydrogen) atoms. The van der Waals surface area contributed by atoms with Crippen LogP contribution < -0.4 is 20.5 Å². The monoisotopic (exact) mass is 397 g/mol. The van der Waals surface area contributed by atoms with Crippen LogP contribution in [-0.4, -0.2) is 51.4 Å². The SMILES string of the molecule is COCC(N)C(=O)NCC(c1cccc(OC)c1OC)c1c[nH]c2ccccc12. The first-order valence-electron chi connectivity index (χ1n) is 9.39. The Balaban J connectivity index is 2.02. The van der Waals surface area contributed by atoms with Gasteiger partial charge in [0, 0.05) is 42.2 Å². The van der Waals surface area contributed by atoms with Crippen LogP contribution in [0.2, 0.25) is 0 Å². The summed E-state index contributed by atoms with van der Waals surface area (Å²) in [6.07, 6.45) is 1.97. The van der Waals surface area contributed by atoms with Crippen LogP contribution in [-0.2, 0) is 9.53 Å². The number of amides is 1. The van der Waals surface area contributed by atoms with Crippen LogP contribution >= 0.6 is 0 Å². The maximum Gasteiger partial charge on any atom is 0.239 e. The number of carbonyl (C=O) groups excluding carboxylic acids is 1. The van der Waals surface area contributed by atoms with Gasteiger partial charge in [-0.3, -0.25) is 4.79 Å². The van der Waals surface area contributed by atoms with E-state index in [0.717, 1.165) is 22.0 Å². The van der Waals surface area contributed by atoms with Crippen LogP contribution in [0.1, 0.15) is 17.0 Å². The van der Waals surface area contributed by atoms with Crippen molar-refractivity contribution >= 4 is 16.8 Å². The van der Waals surface area contributed by atoms with Gasteiger partial charge in [-0.25, -0.2) is 0 Å². The van der Waals surface area contributed by atoms with Gasteiger partial charge < -0.3 is 30.2 Å². The predicted molar refractivity (Wildman–Crippen MR) is 113 cm³/mol. The molecule has 3 rings (SSSR count). The number of aromatic amines is 1. The van der Waals surface area contributed by atoms with Gasteiger partial charge in [0.25, 0.3) is 0 Å². The maximum atomic E-state index is 12.4. The molecule has 2 unspecified atom stereocenters. The number of para-hydroxylation sites is 2. The van der Waals surface area contributed by atoms with E-state index in [4.69, 9.17) is 19.9 Å². The van der Waals surface area contributed by atoms with Crippen molar-refractivity contribution in [2.45, 2.75) is 12.0 Å². The fourth-order valence-corrected chi connectivity index (χ4v) is 3.55. The zero-order valence-corrected chi connectivity index (χ0v) is 16.9. The third-order valence-corrected chi connectivity index (χ3v) is 4.97. The van der Waals surface area contributed by atoms with Crippen LogP contribution in [0, 0.1) is 0 Å². The summed E-state index contributed by atoms with van der Waals surface area (Å²) in [5.74, 6) is 0.839. The second-order valence-corrected chi connectivity index (χ2v) is 6.73. The van der Waals surface area contributed by atoms with Crippen LogP contribution in [0.25, 0.3) is 10.9 Å². The van der Waals surface area contributed by atoms with E-state index in [2.05, 4.69) is 16.4 Å². The molecule has 0 aliphatic rings. The third kappa shape index (κ3) is 4.36. The highest BCUT2D eigenvalue weighted by Gasteiger charge is 2.25. The first-order chi connectivity index (χ1) is 14.1. The number of H-pyrrole nitrogens is 1. The summed E-state index contributed by atoms with van der Waals surface area (Å²) in [4.78, 5) is 15.7. The minimum absolute atomic E-state index is 0.159. The van der Waals surface area contributed by atoms with E-state index < -0.39 is 6.04 Å². The Morgan fingerprint density at radius 2 is 1.86 bits per heavy atom. The first kappa shape index (κ1) is 20.7. The zero-order valence-electron chi connectivity index (χ0n) is 16.9. The van der Waals surface area contributed by atoms with Gasteiger partial charge in [-0.2, -0.15) is 0 Å². The lowest BCUT2D eigenvalue weighted by Gasteiger charge is -2.22. The molecular formula is C22H27N3O4. The molecule has 0 saturated heterocycles. The summed E-state index contributed by atoms with van der Waals surface area (Å²) in [6.45, 7) is 0.508. The van der Waals surface area contributed by atoms with Crippen LogP contribution in [0.5, 0.6) is 11.5 Å². The Bertz CT molecular complexity index is 970. The number of ether oxygens (including phenoxy) is 3. The molecule has 0 aliphatic carbocycles. The number of nitrogens with one attached hydrogen (secondary N) is 2. The highest BCUT2D eigenvalue weighted by molar-refractivity contribution is 5.85. The second-order valence-electron chi connectivity index (χ2n) is 6.73. The van der Waals surface area contributed by atoms with E-state index in [9.17, 15) is 4.79 Å². The lowest BCUT2D eigenvalue weighted by atomic mass is 9.89. The molecule has 2 atom stereocenters. The molecule has 3 aromatic rings. The van der Waals surface area contributed by atoms with Gasteiger partial charge >= 0.3 is 0 Å². The van der Waals surface area contributed by atoms with Crippen molar-refractivity contribution in [2.24, 2.45) is 5.73 Å². The molecule has 2 aromatic carbocycles. The van der Waals surface area contributed by atoms with Crippen LogP contribution in [0.3, 0.4) is 0 Å². The molecule has 0 bridgehead atoms. The van der Waals surface area contributed by atoms with Crippen molar-refractivity contribution in [3.63, 3.8) is 0 Å². The minimum atomic E-state index is -0.726. The molecule has 1 heterocycles. The molecule has 0 aliphatic heterocycles. The molecule has 1 aromatic heterocycles. The Hall–Kier alpha value is -3.03. The van der Waals surface area contributed by atoms with Gasteiger partial charge in [0.15, 0.2) is 11.5 Å². The van der Waals surface area contributed by atoms with Gasteiger partial charge in [-0.1, -0.05) is 30.3 Å². The normalized spacial score (nSPS) is 13.1. The molecule has 154 valence electrons. The Labute approximate surface area is 170 Å². The zero-order chi connectivity index (χ0) is 20.8. The molecule has 0 spiro atoms. The Kier molecular flexibility index (Phi) is 6.74. The molecule has 0 radical (unpaired) electrons. The van der Waals surface area contributed by atoms with E-state index in [0.29, 0.717) is 18.0 Å². The molecule has 7 nitrogen and oxygen atoms in total. The first-order valence-corrected chi connectivity index (χ1v) is 9.39. The average Bonchev–Trinajstić information content (AvgIpc) is 3.17. The maximum absolute atomic E-state index is 12.4. The summed E-state index contributed by atoms with van der Waals surface area (Å²) in [6, 6.07) is 13.1. The van der Waals surface area contributed by atoms with Crippen molar-refractivity contribution in [3.05, 3.63) is 59.8 Å². The minimum Gasteiger partial charge on any atom is -0.493 e. The van der Waals surface area contributed by atoms with Crippen molar-refractivity contribution in [2.75, 3.05) is 34.5 Å². The van der Waals surface area contributed by atoms with E-state index in [1.165, 1.54) is 7.11 Å². The molecule has 1 amide bonds. The number of nitrogens with two attached hydrogens (primary N) is 1. The second kappa shape index (κ2) is 9.45. The van der Waals surface area contributed by atoms with E-state index in [1.54, 1.807) is 14.2 Å². The number of benzene rings is 2. The molecule has 7 heteroatoms. The van der Waals surface area contributed by atoms with E-state index in [1.807, 2.05) is 42.6 Å². The van der Waals surface area contributed by atoms with Crippen molar-refractivity contribution in [3.8, 4) is 11.5 Å². The fourth-order valence-electron chi connectivity index (χ4n) is 3.55. The van der Waals surface area contributed by atoms with Crippen molar-refractivity contribution in [1.82, 2.24) is 10.3 Å². The third-order valence-electron chi connectivity index (χ3n) is 4.97. The quantitative estimate of drug-likeness (QED) is 0.515. The fraction of sp³-hybridized carbons (Fsp3) is 0.318. The highest BCUT2D eigenvalue weighted by atomic mass is 16.5. The molecule has 0 fully saturated rings. The summed E-state index contributed by atoms with van der Waals surface area (Å²) in [7, 11) is 4.73. The summed E-state index contributed by atoms with van der Waals surface area (Å²) in [5.41, 5.74) is 8.86. The number of carbonyl (C=O) groups is 1. The molecule has 4 N–H and O–H groups in total. The van der Waals surface area contributed by atoms with E-state index >= 15 is 0 Å². The topological polar surface area (TPSA) is 98.6 Å². The standard InChI is InChI=1S/C22H27N3O4/c1-27-13-18(23)22(26)25-12-17(15-8-6-10-20(28-2)21(15)29-3)16-11-24-19-9-5-4-7-14(16)19/h4-11,17-18,24H,12-13,23H2,1-3H3,(H,25,26). The Morgan fingerprint density at radius 3 is 2.59 bits per heavy atom. The average molecular weight is 397 g/mol. The summed E-state index contributed by atoms with van der Waals surface area (Å²) < 4.78 is 16.1. The summed E-state index contributed by atoms with van der Waals surface area (Å²) >= 11 is 0. The number of methoxy groups -OCH3 is 3. The van der Waals surface area contributed by atoms with E-state index in [-0.39, 0.29) is 18.4 Å². The van der Waals surface area contributed by atoms with Gasteiger partial charge in [-0.15, -0.1) is 0 Å². The largest absolute Gasteiger partial charge is 0.493 e.